The highest BCUT2D eigenvalue weighted by molar-refractivity contribution is 7.15. The second-order valence-electron chi connectivity index (χ2n) is 4.73. The molecule has 1 aromatic rings. The minimum atomic E-state index is 0.0396. The van der Waals surface area contributed by atoms with Crippen molar-refractivity contribution >= 4 is 22.4 Å². The molecular weight excluding hydrogens is 248 g/mol. The van der Waals surface area contributed by atoms with Gasteiger partial charge in [0.05, 0.1) is 0 Å². The molecule has 0 spiro atoms. The molecule has 1 amide bonds. The van der Waals surface area contributed by atoms with Gasteiger partial charge in [-0.25, -0.2) is 0 Å². The van der Waals surface area contributed by atoms with Crippen LogP contribution >= 0.6 is 11.3 Å². The smallest absolute Gasteiger partial charge is 0.229 e. The van der Waals surface area contributed by atoms with Crippen LogP contribution in [0.3, 0.4) is 0 Å². The Morgan fingerprint density at radius 2 is 2.22 bits per heavy atom. The molecule has 100 valence electrons. The topological polar surface area (TPSA) is 80.9 Å². The minimum absolute atomic E-state index is 0.0396. The van der Waals surface area contributed by atoms with Gasteiger partial charge in [-0.05, 0) is 31.7 Å². The number of carbonyl (C=O) groups is 1. The maximum absolute atomic E-state index is 12.2. The second kappa shape index (κ2) is 6.24. The summed E-state index contributed by atoms with van der Waals surface area (Å²) in [6, 6.07) is 0. The van der Waals surface area contributed by atoms with Crippen molar-refractivity contribution in [3.63, 3.8) is 0 Å². The molecule has 6 heteroatoms. The molecule has 0 radical (unpaired) electrons. The average Bonchev–Trinajstić information content (AvgIpc) is 2.86. The standard InChI is InChI=1S/C12H20N4OS/c1-2-10-15-16-12(18-10)14-11(17)9-6-4-3-5-8(9)7-13/h8-9H,2-7,13H2,1H3,(H,14,16,17). The van der Waals surface area contributed by atoms with Crippen molar-refractivity contribution in [1.82, 2.24) is 10.2 Å². The molecule has 0 bridgehead atoms. The molecule has 18 heavy (non-hydrogen) atoms. The fourth-order valence-electron chi connectivity index (χ4n) is 2.48. The number of nitrogens with one attached hydrogen (secondary N) is 1. The molecule has 1 aliphatic rings. The summed E-state index contributed by atoms with van der Waals surface area (Å²) < 4.78 is 0. The van der Waals surface area contributed by atoms with Gasteiger partial charge in [0, 0.05) is 5.92 Å². The Balaban J connectivity index is 1.97. The lowest BCUT2D eigenvalue weighted by atomic mass is 9.79. The highest BCUT2D eigenvalue weighted by Crippen LogP contribution is 2.30. The van der Waals surface area contributed by atoms with Crippen LogP contribution in [-0.4, -0.2) is 22.6 Å². The van der Waals surface area contributed by atoms with E-state index in [0.717, 1.165) is 30.7 Å². The highest BCUT2D eigenvalue weighted by atomic mass is 32.1. The third-order valence-corrected chi connectivity index (χ3v) is 4.53. The number of aryl methyl sites for hydroxylation is 1. The Morgan fingerprint density at radius 3 is 2.89 bits per heavy atom. The lowest BCUT2D eigenvalue weighted by Crippen LogP contribution is -2.35. The maximum atomic E-state index is 12.2. The Morgan fingerprint density at radius 1 is 1.44 bits per heavy atom. The molecule has 3 N–H and O–H groups in total. The highest BCUT2D eigenvalue weighted by Gasteiger charge is 2.30. The molecule has 0 saturated heterocycles. The summed E-state index contributed by atoms with van der Waals surface area (Å²) >= 11 is 1.45. The van der Waals surface area contributed by atoms with Gasteiger partial charge >= 0.3 is 0 Å². The molecule has 2 atom stereocenters. The number of rotatable bonds is 4. The van der Waals surface area contributed by atoms with Crippen LogP contribution < -0.4 is 11.1 Å². The number of nitrogens with zero attached hydrogens (tertiary/aromatic N) is 2. The van der Waals surface area contributed by atoms with Gasteiger partial charge in [-0.15, -0.1) is 10.2 Å². The van der Waals surface area contributed by atoms with Gasteiger partial charge in [0.25, 0.3) is 0 Å². The molecule has 2 rings (SSSR count). The summed E-state index contributed by atoms with van der Waals surface area (Å²) in [6.07, 6.45) is 5.15. The molecular formula is C12H20N4OS. The van der Waals surface area contributed by atoms with Gasteiger partial charge in [0.1, 0.15) is 5.01 Å². The third kappa shape index (κ3) is 3.05. The molecule has 0 aliphatic heterocycles. The molecule has 0 aromatic carbocycles. The van der Waals surface area contributed by atoms with E-state index in [1.54, 1.807) is 0 Å². The van der Waals surface area contributed by atoms with Gasteiger partial charge < -0.3 is 11.1 Å². The van der Waals surface area contributed by atoms with E-state index in [0.29, 0.717) is 17.6 Å². The molecule has 1 aliphatic carbocycles. The van der Waals surface area contributed by atoms with Crippen molar-refractivity contribution in [2.75, 3.05) is 11.9 Å². The SMILES string of the molecule is CCc1nnc(NC(=O)C2CCCCC2CN)s1. The minimum Gasteiger partial charge on any atom is -0.330 e. The summed E-state index contributed by atoms with van der Waals surface area (Å²) in [5, 5.41) is 12.4. The van der Waals surface area contributed by atoms with Crippen LogP contribution in [0.25, 0.3) is 0 Å². The van der Waals surface area contributed by atoms with E-state index in [1.807, 2.05) is 6.92 Å². The largest absolute Gasteiger partial charge is 0.330 e. The number of carbonyl (C=O) groups excluding carboxylic acids is 1. The molecule has 1 aromatic heterocycles. The maximum Gasteiger partial charge on any atom is 0.229 e. The van der Waals surface area contributed by atoms with Crippen molar-refractivity contribution in [2.24, 2.45) is 17.6 Å². The molecule has 1 saturated carbocycles. The van der Waals surface area contributed by atoms with Gasteiger partial charge in [0.15, 0.2) is 0 Å². The normalized spacial score (nSPS) is 23.9. The predicted octanol–water partition coefficient (Wildman–Crippen LogP) is 1.80. The lowest BCUT2D eigenvalue weighted by Gasteiger charge is -2.29. The van der Waals surface area contributed by atoms with Crippen LogP contribution in [0.2, 0.25) is 0 Å². The van der Waals surface area contributed by atoms with Crippen LogP contribution in [0.4, 0.5) is 5.13 Å². The Bertz CT molecular complexity index is 407. The van der Waals surface area contributed by atoms with E-state index in [9.17, 15) is 4.79 Å². The van der Waals surface area contributed by atoms with Crippen molar-refractivity contribution in [3.05, 3.63) is 5.01 Å². The zero-order valence-corrected chi connectivity index (χ0v) is 11.5. The van der Waals surface area contributed by atoms with Crippen LogP contribution in [0.1, 0.15) is 37.6 Å². The van der Waals surface area contributed by atoms with Crippen molar-refractivity contribution in [2.45, 2.75) is 39.0 Å². The van der Waals surface area contributed by atoms with Gasteiger partial charge in [-0.3, -0.25) is 4.79 Å². The van der Waals surface area contributed by atoms with Crippen molar-refractivity contribution in [1.29, 1.82) is 0 Å². The van der Waals surface area contributed by atoms with E-state index >= 15 is 0 Å². The fraction of sp³-hybridized carbons (Fsp3) is 0.750. The Labute approximate surface area is 111 Å². The summed E-state index contributed by atoms with van der Waals surface area (Å²) in [5.41, 5.74) is 5.75. The average molecular weight is 268 g/mol. The van der Waals surface area contributed by atoms with Crippen LogP contribution in [-0.2, 0) is 11.2 Å². The number of hydrogen-bond donors (Lipinski definition) is 2. The zero-order chi connectivity index (χ0) is 13.0. The van der Waals surface area contributed by atoms with Crippen molar-refractivity contribution in [3.8, 4) is 0 Å². The monoisotopic (exact) mass is 268 g/mol. The summed E-state index contributed by atoms with van der Waals surface area (Å²) in [6.45, 7) is 2.62. The van der Waals surface area contributed by atoms with Gasteiger partial charge in [-0.1, -0.05) is 31.1 Å². The number of nitrogens with two attached hydrogens (primary N) is 1. The zero-order valence-electron chi connectivity index (χ0n) is 10.7. The van der Waals surface area contributed by atoms with Crippen LogP contribution in [0.15, 0.2) is 0 Å². The second-order valence-corrected chi connectivity index (χ2v) is 5.79. The van der Waals surface area contributed by atoms with Gasteiger partial charge in [0.2, 0.25) is 11.0 Å². The summed E-state index contributed by atoms with van der Waals surface area (Å²) in [5.74, 6) is 0.416. The Hall–Kier alpha value is -1.01. The van der Waals surface area contributed by atoms with E-state index in [-0.39, 0.29) is 11.8 Å². The van der Waals surface area contributed by atoms with E-state index in [1.165, 1.54) is 17.8 Å². The van der Waals surface area contributed by atoms with Crippen LogP contribution in [0.5, 0.6) is 0 Å². The van der Waals surface area contributed by atoms with E-state index < -0.39 is 0 Å². The molecule has 1 heterocycles. The number of anilines is 1. The fourth-order valence-corrected chi connectivity index (χ4v) is 3.16. The first-order valence-electron chi connectivity index (χ1n) is 6.58. The number of aromatic nitrogens is 2. The number of amides is 1. The lowest BCUT2D eigenvalue weighted by molar-refractivity contribution is -0.122. The summed E-state index contributed by atoms with van der Waals surface area (Å²) in [4.78, 5) is 12.2. The first kappa shape index (κ1) is 13.4. The van der Waals surface area contributed by atoms with E-state index in [2.05, 4.69) is 15.5 Å². The molecule has 5 nitrogen and oxygen atoms in total. The first-order valence-corrected chi connectivity index (χ1v) is 7.39. The van der Waals surface area contributed by atoms with Crippen LogP contribution in [0, 0.1) is 11.8 Å². The first-order chi connectivity index (χ1) is 8.74. The van der Waals surface area contributed by atoms with Crippen molar-refractivity contribution < 1.29 is 4.79 Å². The molecule has 1 fully saturated rings. The number of hydrogen-bond acceptors (Lipinski definition) is 5. The molecule has 2 unspecified atom stereocenters. The van der Waals surface area contributed by atoms with Gasteiger partial charge in [-0.2, -0.15) is 0 Å². The predicted molar refractivity (Wildman–Crippen MR) is 72.4 cm³/mol. The quantitative estimate of drug-likeness (QED) is 0.872. The third-order valence-electron chi connectivity index (χ3n) is 3.55. The Kier molecular flexibility index (Phi) is 4.66. The van der Waals surface area contributed by atoms with E-state index in [4.69, 9.17) is 5.73 Å². The summed E-state index contributed by atoms with van der Waals surface area (Å²) in [7, 11) is 0.